The fourth-order valence-corrected chi connectivity index (χ4v) is 3.08. The summed E-state index contributed by atoms with van der Waals surface area (Å²) in [5.41, 5.74) is 3.76. The molecule has 1 N–H and O–H groups in total. The number of rotatable bonds is 4. The lowest BCUT2D eigenvalue weighted by molar-refractivity contribution is -0.182. The third kappa shape index (κ3) is 4.01. The lowest BCUT2D eigenvalue weighted by Gasteiger charge is -2.21. The highest BCUT2D eigenvalue weighted by Gasteiger charge is 2.52. The normalized spacial score (nSPS) is 21.4. The van der Waals surface area contributed by atoms with Gasteiger partial charge in [0.05, 0.1) is 23.7 Å². The summed E-state index contributed by atoms with van der Waals surface area (Å²) in [7, 11) is 0. The number of carbonyl (C=O) groups excluding carboxylic acids is 1. The van der Waals surface area contributed by atoms with Gasteiger partial charge in [-0.25, -0.2) is 9.66 Å². The summed E-state index contributed by atoms with van der Waals surface area (Å²) in [6.07, 6.45) is -1.72. The predicted octanol–water partition coefficient (Wildman–Crippen LogP) is 2.45. The van der Waals surface area contributed by atoms with Gasteiger partial charge in [0, 0.05) is 19.6 Å². The highest BCUT2D eigenvalue weighted by molar-refractivity contribution is 5.87. The van der Waals surface area contributed by atoms with E-state index in [0.717, 1.165) is 5.56 Å². The van der Waals surface area contributed by atoms with E-state index in [1.807, 2.05) is 30.3 Å². The molecule has 1 saturated heterocycles. The average molecular weight is 351 g/mol. The molecule has 2 unspecified atom stereocenters. The van der Waals surface area contributed by atoms with Gasteiger partial charge in [0.15, 0.2) is 0 Å². The second-order valence-electron chi connectivity index (χ2n) is 6.17. The molecule has 0 aliphatic carbocycles. The number of amides is 1. The number of imidazole rings is 1. The van der Waals surface area contributed by atoms with E-state index < -0.39 is 23.9 Å². The molecule has 0 saturated carbocycles. The van der Waals surface area contributed by atoms with Gasteiger partial charge in [-0.15, -0.1) is 0 Å². The highest BCUT2D eigenvalue weighted by Crippen LogP contribution is 2.38. The topological polar surface area (TPSA) is 50.2 Å². The SMILES string of the molecule is [CH2]c1cncn1NC(=O)C1CN(Cc2ccccc2)CC1C(F)(F)F. The molecule has 2 heterocycles. The largest absolute Gasteiger partial charge is 0.393 e. The minimum atomic E-state index is -4.43. The molecule has 0 bridgehead atoms. The molecule has 133 valence electrons. The van der Waals surface area contributed by atoms with Gasteiger partial charge in [-0.2, -0.15) is 13.2 Å². The van der Waals surface area contributed by atoms with Crippen molar-refractivity contribution in [3.8, 4) is 0 Å². The zero-order chi connectivity index (χ0) is 18.0. The van der Waals surface area contributed by atoms with Crippen molar-refractivity contribution in [2.24, 2.45) is 11.8 Å². The summed E-state index contributed by atoms with van der Waals surface area (Å²) in [6, 6.07) is 9.24. The number of carbonyl (C=O) groups is 1. The fourth-order valence-electron chi connectivity index (χ4n) is 3.08. The van der Waals surface area contributed by atoms with Crippen LogP contribution in [0.15, 0.2) is 42.9 Å². The van der Waals surface area contributed by atoms with Crippen LogP contribution < -0.4 is 5.43 Å². The molecule has 1 aromatic heterocycles. The number of benzene rings is 1. The lowest BCUT2D eigenvalue weighted by atomic mass is 9.95. The molecule has 0 spiro atoms. The Morgan fingerprint density at radius 2 is 2.00 bits per heavy atom. The van der Waals surface area contributed by atoms with E-state index in [1.165, 1.54) is 17.2 Å². The van der Waals surface area contributed by atoms with Crippen LogP contribution in [0.25, 0.3) is 0 Å². The summed E-state index contributed by atoms with van der Waals surface area (Å²) in [4.78, 5) is 17.9. The minimum Gasteiger partial charge on any atom is -0.298 e. The van der Waals surface area contributed by atoms with Crippen LogP contribution in [-0.4, -0.2) is 39.7 Å². The van der Waals surface area contributed by atoms with Gasteiger partial charge < -0.3 is 0 Å². The van der Waals surface area contributed by atoms with Crippen LogP contribution in [0.4, 0.5) is 13.2 Å². The van der Waals surface area contributed by atoms with E-state index >= 15 is 0 Å². The van der Waals surface area contributed by atoms with Crippen molar-refractivity contribution in [1.29, 1.82) is 0 Å². The molecule has 8 heteroatoms. The van der Waals surface area contributed by atoms with Gasteiger partial charge in [0.25, 0.3) is 0 Å². The van der Waals surface area contributed by atoms with E-state index in [9.17, 15) is 18.0 Å². The molecule has 3 rings (SSSR count). The van der Waals surface area contributed by atoms with Crippen LogP contribution in [0, 0.1) is 18.8 Å². The molecule has 1 radical (unpaired) electrons. The molecule has 2 atom stereocenters. The first-order chi connectivity index (χ1) is 11.8. The maximum atomic E-state index is 13.4. The zero-order valence-corrected chi connectivity index (χ0v) is 13.4. The van der Waals surface area contributed by atoms with Crippen molar-refractivity contribution in [2.45, 2.75) is 12.7 Å². The molecule has 5 nitrogen and oxygen atoms in total. The van der Waals surface area contributed by atoms with Crippen molar-refractivity contribution < 1.29 is 18.0 Å². The number of nitrogens with zero attached hydrogens (tertiary/aromatic N) is 3. The van der Waals surface area contributed by atoms with Crippen molar-refractivity contribution in [1.82, 2.24) is 14.6 Å². The average Bonchev–Trinajstić information content (AvgIpc) is 3.15. The monoisotopic (exact) mass is 351 g/mol. The summed E-state index contributed by atoms with van der Waals surface area (Å²) < 4.78 is 41.4. The highest BCUT2D eigenvalue weighted by atomic mass is 19.4. The number of hydrogen-bond acceptors (Lipinski definition) is 3. The third-order valence-corrected chi connectivity index (χ3v) is 4.35. The molecule has 25 heavy (non-hydrogen) atoms. The van der Waals surface area contributed by atoms with Crippen LogP contribution in [0.3, 0.4) is 0 Å². The van der Waals surface area contributed by atoms with Gasteiger partial charge in [0.1, 0.15) is 6.33 Å². The first kappa shape index (κ1) is 17.5. The van der Waals surface area contributed by atoms with E-state index in [1.54, 1.807) is 4.90 Å². The Kier molecular flexibility index (Phi) is 4.80. The number of alkyl halides is 3. The van der Waals surface area contributed by atoms with Crippen LogP contribution in [-0.2, 0) is 11.3 Å². The second kappa shape index (κ2) is 6.87. The van der Waals surface area contributed by atoms with Crippen LogP contribution in [0.5, 0.6) is 0 Å². The molecule has 1 fully saturated rings. The summed E-state index contributed by atoms with van der Waals surface area (Å²) >= 11 is 0. The smallest absolute Gasteiger partial charge is 0.298 e. The molecule has 1 amide bonds. The quantitative estimate of drug-likeness (QED) is 0.921. The Morgan fingerprint density at radius 1 is 1.28 bits per heavy atom. The van der Waals surface area contributed by atoms with Crippen molar-refractivity contribution in [3.05, 3.63) is 61.0 Å². The Balaban J connectivity index is 1.73. The van der Waals surface area contributed by atoms with Crippen molar-refractivity contribution in [2.75, 3.05) is 18.5 Å². The van der Waals surface area contributed by atoms with Crippen molar-refractivity contribution in [3.63, 3.8) is 0 Å². The zero-order valence-electron chi connectivity index (χ0n) is 13.4. The molecular weight excluding hydrogens is 333 g/mol. The number of aromatic nitrogens is 2. The van der Waals surface area contributed by atoms with Gasteiger partial charge in [-0.3, -0.25) is 15.1 Å². The van der Waals surface area contributed by atoms with Gasteiger partial charge in [-0.1, -0.05) is 30.3 Å². The number of nitrogens with one attached hydrogen (secondary N) is 1. The van der Waals surface area contributed by atoms with E-state index in [4.69, 9.17) is 0 Å². The third-order valence-electron chi connectivity index (χ3n) is 4.35. The van der Waals surface area contributed by atoms with Gasteiger partial charge in [0.2, 0.25) is 5.91 Å². The molecule has 1 aliphatic rings. The first-order valence-electron chi connectivity index (χ1n) is 7.83. The first-order valence-corrected chi connectivity index (χ1v) is 7.83. The standard InChI is InChI=1S/C17H18F3N4O/c1-12-7-21-11-24(12)22-16(25)14-9-23(10-15(14)17(18,19)20)8-13-5-3-2-4-6-13/h2-7,11,14-15H,1,8-10H2,(H,22,25). The maximum absolute atomic E-state index is 13.4. The number of hydrogen-bond donors (Lipinski definition) is 1. The van der Waals surface area contributed by atoms with Gasteiger partial charge in [-0.05, 0) is 12.5 Å². The number of likely N-dealkylation sites (tertiary alicyclic amines) is 1. The van der Waals surface area contributed by atoms with Crippen LogP contribution >= 0.6 is 0 Å². The second-order valence-corrected chi connectivity index (χ2v) is 6.17. The van der Waals surface area contributed by atoms with Crippen LogP contribution in [0.2, 0.25) is 0 Å². The van der Waals surface area contributed by atoms with Crippen molar-refractivity contribution >= 4 is 5.91 Å². The van der Waals surface area contributed by atoms with E-state index in [2.05, 4.69) is 17.3 Å². The Bertz CT molecular complexity index is 729. The molecule has 1 aliphatic heterocycles. The maximum Gasteiger partial charge on any atom is 0.393 e. The van der Waals surface area contributed by atoms with Gasteiger partial charge >= 0.3 is 6.18 Å². The Labute approximate surface area is 143 Å². The van der Waals surface area contributed by atoms with E-state index in [0.29, 0.717) is 12.2 Å². The van der Waals surface area contributed by atoms with E-state index in [-0.39, 0.29) is 13.1 Å². The minimum absolute atomic E-state index is 0.0477. The Morgan fingerprint density at radius 3 is 2.60 bits per heavy atom. The number of halogens is 3. The predicted molar refractivity (Wildman–Crippen MR) is 85.8 cm³/mol. The summed E-state index contributed by atoms with van der Waals surface area (Å²) in [5.74, 6) is -3.56. The lowest BCUT2D eigenvalue weighted by Crippen LogP contribution is -2.39. The summed E-state index contributed by atoms with van der Waals surface area (Å²) in [6.45, 7) is 3.88. The Hall–Kier alpha value is -2.35. The summed E-state index contributed by atoms with van der Waals surface area (Å²) in [5, 5.41) is 0. The molecule has 1 aromatic carbocycles. The molecule has 2 aromatic rings. The molecular formula is C17H18F3N4O. The van der Waals surface area contributed by atoms with Crippen LogP contribution in [0.1, 0.15) is 11.3 Å². The fraction of sp³-hybridized carbons (Fsp3) is 0.353.